The SMILES string of the molecule is C[N+]1(CCC=C(c2ccc(Br)cc2)c2ccc(Br)cc2)CCCCC1.[Br-]. The summed E-state index contributed by atoms with van der Waals surface area (Å²) < 4.78 is 3.47. The highest BCUT2D eigenvalue weighted by Crippen LogP contribution is 2.27. The highest BCUT2D eigenvalue weighted by molar-refractivity contribution is 9.10. The zero-order valence-electron chi connectivity index (χ0n) is 15.2. The van der Waals surface area contributed by atoms with Gasteiger partial charge in [0, 0.05) is 15.4 Å². The maximum atomic E-state index is 3.54. The number of benzene rings is 2. The van der Waals surface area contributed by atoms with E-state index in [1.165, 1.54) is 60.1 Å². The molecule has 2 aromatic carbocycles. The summed E-state index contributed by atoms with van der Waals surface area (Å²) in [5.74, 6) is 0. The molecule has 0 radical (unpaired) electrons. The summed E-state index contributed by atoms with van der Waals surface area (Å²) in [5, 5.41) is 0. The van der Waals surface area contributed by atoms with Crippen LogP contribution in [0.3, 0.4) is 0 Å². The maximum absolute atomic E-state index is 3.54. The molecule has 0 spiro atoms. The van der Waals surface area contributed by atoms with E-state index < -0.39 is 0 Å². The average molecular weight is 544 g/mol. The van der Waals surface area contributed by atoms with Crippen LogP contribution in [0.5, 0.6) is 0 Å². The van der Waals surface area contributed by atoms with Gasteiger partial charge in [0.1, 0.15) is 0 Å². The first-order valence-electron chi connectivity index (χ1n) is 9.11. The van der Waals surface area contributed by atoms with Crippen molar-refractivity contribution < 1.29 is 21.5 Å². The monoisotopic (exact) mass is 541 g/mol. The molecule has 0 aliphatic carbocycles. The van der Waals surface area contributed by atoms with Crippen LogP contribution in [-0.2, 0) is 0 Å². The molecule has 1 aliphatic rings. The van der Waals surface area contributed by atoms with Crippen molar-refractivity contribution in [3.8, 4) is 0 Å². The Balaban J connectivity index is 0.00000243. The van der Waals surface area contributed by atoms with E-state index in [2.05, 4.69) is 93.5 Å². The molecular weight excluding hydrogens is 518 g/mol. The topological polar surface area (TPSA) is 0 Å². The van der Waals surface area contributed by atoms with Crippen molar-refractivity contribution in [3.05, 3.63) is 74.7 Å². The lowest BCUT2D eigenvalue weighted by molar-refractivity contribution is -0.913. The summed E-state index contributed by atoms with van der Waals surface area (Å²) in [6.07, 6.45) is 7.73. The Morgan fingerprint density at radius 3 is 1.77 bits per heavy atom. The van der Waals surface area contributed by atoms with E-state index in [4.69, 9.17) is 0 Å². The summed E-state index contributed by atoms with van der Waals surface area (Å²) in [6.45, 7) is 3.90. The Morgan fingerprint density at radius 1 is 0.846 bits per heavy atom. The lowest BCUT2D eigenvalue weighted by atomic mass is 9.96. The third-order valence-electron chi connectivity index (χ3n) is 5.22. The van der Waals surface area contributed by atoms with Gasteiger partial charge in [0.05, 0.1) is 26.7 Å². The molecule has 3 rings (SSSR count). The minimum absolute atomic E-state index is 0. The van der Waals surface area contributed by atoms with E-state index in [-0.39, 0.29) is 17.0 Å². The summed E-state index contributed by atoms with van der Waals surface area (Å²) in [6, 6.07) is 17.3. The van der Waals surface area contributed by atoms with Crippen molar-refractivity contribution in [2.45, 2.75) is 25.7 Å². The number of nitrogens with zero attached hydrogens (tertiary/aromatic N) is 1. The highest BCUT2D eigenvalue weighted by atomic mass is 79.9. The van der Waals surface area contributed by atoms with Crippen LogP contribution in [0.4, 0.5) is 0 Å². The number of hydrogen-bond acceptors (Lipinski definition) is 0. The Morgan fingerprint density at radius 2 is 1.31 bits per heavy atom. The van der Waals surface area contributed by atoms with Crippen molar-refractivity contribution in [2.75, 3.05) is 26.7 Å². The molecule has 0 amide bonds. The lowest BCUT2D eigenvalue weighted by Crippen LogP contribution is -3.00. The third kappa shape index (κ3) is 6.05. The van der Waals surface area contributed by atoms with Gasteiger partial charge in [-0.1, -0.05) is 62.2 Å². The number of halogens is 3. The minimum atomic E-state index is 0. The predicted octanol–water partition coefficient (Wildman–Crippen LogP) is 3.67. The second-order valence-electron chi connectivity index (χ2n) is 7.27. The Labute approximate surface area is 185 Å². The Kier molecular flexibility index (Phi) is 8.59. The largest absolute Gasteiger partial charge is 1.00 e. The average Bonchev–Trinajstić information content (AvgIpc) is 2.61. The predicted molar refractivity (Wildman–Crippen MR) is 115 cm³/mol. The molecule has 0 N–H and O–H groups in total. The van der Waals surface area contributed by atoms with Crippen LogP contribution in [0.15, 0.2) is 63.6 Å². The summed E-state index contributed by atoms with van der Waals surface area (Å²) in [7, 11) is 2.42. The van der Waals surface area contributed by atoms with Gasteiger partial charge in [-0.15, -0.1) is 0 Å². The van der Waals surface area contributed by atoms with Crippen molar-refractivity contribution in [3.63, 3.8) is 0 Å². The van der Waals surface area contributed by atoms with Gasteiger partial charge in [-0.25, -0.2) is 0 Å². The lowest BCUT2D eigenvalue weighted by Gasteiger charge is -2.37. The third-order valence-corrected chi connectivity index (χ3v) is 6.28. The molecule has 0 unspecified atom stereocenters. The van der Waals surface area contributed by atoms with Crippen LogP contribution in [-0.4, -0.2) is 31.2 Å². The van der Waals surface area contributed by atoms with Crippen LogP contribution in [0.1, 0.15) is 36.8 Å². The van der Waals surface area contributed by atoms with Gasteiger partial charge in [-0.05, 0) is 60.2 Å². The van der Waals surface area contributed by atoms with Crippen LogP contribution in [0, 0.1) is 0 Å². The van der Waals surface area contributed by atoms with Crippen LogP contribution in [0.25, 0.3) is 5.57 Å². The first-order valence-corrected chi connectivity index (χ1v) is 10.7. The van der Waals surface area contributed by atoms with E-state index in [0.29, 0.717) is 0 Å². The molecule has 0 bridgehead atoms. The number of likely N-dealkylation sites (tertiary alicyclic amines) is 1. The van der Waals surface area contributed by atoms with E-state index >= 15 is 0 Å². The number of quaternary nitrogens is 1. The van der Waals surface area contributed by atoms with E-state index in [1.807, 2.05) is 0 Å². The fourth-order valence-electron chi connectivity index (χ4n) is 3.68. The standard InChI is InChI=1S/C22H26Br2N.BrH/c1-25(15-3-2-4-16-25)17-5-6-22(18-7-11-20(23)12-8-18)19-9-13-21(24)14-10-19;/h6-14H,2-5,15-17H2,1H3;1H/q+1;/p-1. The van der Waals surface area contributed by atoms with Gasteiger partial charge in [0.15, 0.2) is 0 Å². The normalized spacial score (nSPS) is 15.8. The molecule has 140 valence electrons. The molecular formula is C22H26Br3N. The van der Waals surface area contributed by atoms with Gasteiger partial charge in [-0.3, -0.25) is 0 Å². The van der Waals surface area contributed by atoms with Crippen LogP contribution >= 0.6 is 31.9 Å². The van der Waals surface area contributed by atoms with Crippen LogP contribution in [0.2, 0.25) is 0 Å². The van der Waals surface area contributed by atoms with Crippen molar-refractivity contribution in [1.82, 2.24) is 0 Å². The fraction of sp³-hybridized carbons (Fsp3) is 0.364. The maximum Gasteiger partial charge on any atom is 0.0819 e. The van der Waals surface area contributed by atoms with Crippen molar-refractivity contribution in [2.24, 2.45) is 0 Å². The molecule has 26 heavy (non-hydrogen) atoms. The second kappa shape index (κ2) is 10.2. The van der Waals surface area contributed by atoms with Gasteiger partial charge in [0.2, 0.25) is 0 Å². The highest BCUT2D eigenvalue weighted by Gasteiger charge is 2.23. The first kappa shape index (κ1) is 21.9. The quantitative estimate of drug-likeness (QED) is 0.505. The number of hydrogen-bond donors (Lipinski definition) is 0. The molecule has 1 nitrogen and oxygen atoms in total. The van der Waals surface area contributed by atoms with E-state index in [1.54, 1.807) is 0 Å². The molecule has 2 aromatic rings. The zero-order chi connectivity index (χ0) is 17.7. The van der Waals surface area contributed by atoms with Gasteiger partial charge >= 0.3 is 0 Å². The Hall–Kier alpha value is -0.420. The van der Waals surface area contributed by atoms with Gasteiger partial charge < -0.3 is 21.5 Å². The summed E-state index contributed by atoms with van der Waals surface area (Å²) in [5.41, 5.74) is 3.90. The fourth-order valence-corrected chi connectivity index (χ4v) is 4.21. The van der Waals surface area contributed by atoms with Crippen LogP contribution < -0.4 is 17.0 Å². The van der Waals surface area contributed by atoms with E-state index in [9.17, 15) is 0 Å². The van der Waals surface area contributed by atoms with Gasteiger partial charge in [-0.2, -0.15) is 0 Å². The summed E-state index contributed by atoms with van der Waals surface area (Å²) in [4.78, 5) is 0. The number of piperidine rings is 1. The molecule has 1 saturated heterocycles. The smallest absolute Gasteiger partial charge is 0.0819 e. The molecule has 1 heterocycles. The molecule has 0 aromatic heterocycles. The molecule has 0 atom stereocenters. The molecule has 4 heteroatoms. The Bertz CT molecular complexity index is 667. The second-order valence-corrected chi connectivity index (χ2v) is 9.10. The first-order chi connectivity index (χ1) is 12.1. The number of rotatable bonds is 5. The molecule has 1 aliphatic heterocycles. The van der Waals surface area contributed by atoms with Crippen molar-refractivity contribution in [1.29, 1.82) is 0 Å². The molecule has 1 fully saturated rings. The zero-order valence-corrected chi connectivity index (χ0v) is 20.0. The van der Waals surface area contributed by atoms with Crippen molar-refractivity contribution >= 4 is 37.4 Å². The minimum Gasteiger partial charge on any atom is -1.00 e. The molecule has 0 saturated carbocycles. The summed E-state index contributed by atoms with van der Waals surface area (Å²) >= 11 is 7.09. The van der Waals surface area contributed by atoms with E-state index in [0.717, 1.165) is 15.4 Å². The van der Waals surface area contributed by atoms with Gasteiger partial charge in [0.25, 0.3) is 0 Å².